The van der Waals surface area contributed by atoms with Crippen LogP contribution < -0.4 is 5.56 Å². The van der Waals surface area contributed by atoms with E-state index < -0.39 is 35.1 Å². The van der Waals surface area contributed by atoms with Crippen LogP contribution in [-0.4, -0.2) is 47.3 Å². The van der Waals surface area contributed by atoms with E-state index in [4.69, 9.17) is 14.3 Å². The standard InChI is InChI=1S/C22H19NO9/c1-30-17(24)9-13(18-19(25)14(22(29)31-2)10-23-20(18)26)16-8-7-15(32-16)11-3-5-12(6-4-11)21(27)28/h3-8,10,13H,9H2,1-2H3,(H,27,28)(H2,23,25,26)/t13-/m1/s1. The number of esters is 2. The van der Waals surface area contributed by atoms with Gasteiger partial charge in [-0.3, -0.25) is 9.59 Å². The molecule has 0 radical (unpaired) electrons. The number of aromatic amines is 1. The molecule has 10 nitrogen and oxygen atoms in total. The van der Waals surface area contributed by atoms with E-state index in [2.05, 4.69) is 9.72 Å². The lowest BCUT2D eigenvalue weighted by Gasteiger charge is -2.16. The molecule has 166 valence electrons. The molecule has 0 aliphatic carbocycles. The summed E-state index contributed by atoms with van der Waals surface area (Å²) in [5.41, 5.74) is -0.624. The molecule has 32 heavy (non-hydrogen) atoms. The zero-order valence-electron chi connectivity index (χ0n) is 17.1. The minimum atomic E-state index is -1.08. The van der Waals surface area contributed by atoms with Gasteiger partial charge in [0, 0.05) is 11.8 Å². The quantitative estimate of drug-likeness (QED) is 0.469. The third-order valence-electron chi connectivity index (χ3n) is 4.84. The maximum absolute atomic E-state index is 12.5. The average molecular weight is 441 g/mol. The molecule has 3 aromatic rings. The minimum absolute atomic E-state index is 0.0974. The lowest BCUT2D eigenvalue weighted by Crippen LogP contribution is -2.21. The molecule has 10 heteroatoms. The van der Waals surface area contributed by atoms with E-state index in [1.165, 1.54) is 25.3 Å². The van der Waals surface area contributed by atoms with Crippen LogP contribution in [0.1, 0.15) is 44.4 Å². The van der Waals surface area contributed by atoms with Crippen LogP contribution in [-0.2, 0) is 14.3 Å². The molecule has 0 saturated carbocycles. The minimum Gasteiger partial charge on any atom is -0.506 e. The first-order chi connectivity index (χ1) is 15.3. The Morgan fingerprint density at radius 2 is 1.75 bits per heavy atom. The van der Waals surface area contributed by atoms with E-state index in [0.29, 0.717) is 11.3 Å². The van der Waals surface area contributed by atoms with Crippen LogP contribution in [0.5, 0.6) is 5.75 Å². The van der Waals surface area contributed by atoms with Crippen molar-refractivity contribution in [2.24, 2.45) is 0 Å². The Hall–Kier alpha value is -4.34. The molecule has 1 aromatic carbocycles. The third kappa shape index (κ3) is 4.38. The summed E-state index contributed by atoms with van der Waals surface area (Å²) < 4.78 is 15.2. The number of carboxylic acids is 1. The molecule has 0 spiro atoms. The van der Waals surface area contributed by atoms with Gasteiger partial charge in [-0.25, -0.2) is 9.59 Å². The lowest BCUT2D eigenvalue weighted by molar-refractivity contribution is -0.140. The summed E-state index contributed by atoms with van der Waals surface area (Å²) in [5.74, 6) is -3.87. The Morgan fingerprint density at radius 1 is 1.06 bits per heavy atom. The van der Waals surface area contributed by atoms with Gasteiger partial charge in [-0.05, 0) is 24.3 Å². The fourth-order valence-electron chi connectivity index (χ4n) is 3.19. The molecule has 3 N–H and O–H groups in total. The van der Waals surface area contributed by atoms with Crippen molar-refractivity contribution in [3.63, 3.8) is 0 Å². The number of hydrogen-bond donors (Lipinski definition) is 3. The lowest BCUT2D eigenvalue weighted by atomic mass is 9.92. The molecular formula is C22H19NO9. The van der Waals surface area contributed by atoms with Crippen molar-refractivity contribution in [3.05, 3.63) is 75.4 Å². The number of ether oxygens (including phenoxy) is 2. The zero-order valence-corrected chi connectivity index (χ0v) is 17.1. The van der Waals surface area contributed by atoms with Crippen LogP contribution >= 0.6 is 0 Å². The van der Waals surface area contributed by atoms with Gasteiger partial charge in [-0.2, -0.15) is 0 Å². The molecule has 0 unspecified atom stereocenters. The SMILES string of the molecule is COC(=O)C[C@H](c1ccc(-c2ccc(C(=O)O)cc2)o1)c1c(O)c(C(=O)OC)c[nH]c1=O. The molecule has 1 atom stereocenters. The second-order valence-corrected chi connectivity index (χ2v) is 6.70. The molecule has 2 heterocycles. The van der Waals surface area contributed by atoms with Crippen molar-refractivity contribution in [1.82, 2.24) is 4.98 Å². The summed E-state index contributed by atoms with van der Waals surface area (Å²) >= 11 is 0. The number of carbonyl (C=O) groups is 3. The number of carbonyl (C=O) groups excluding carboxylic acids is 2. The van der Waals surface area contributed by atoms with Crippen molar-refractivity contribution >= 4 is 17.9 Å². The normalized spacial score (nSPS) is 11.6. The molecule has 0 amide bonds. The van der Waals surface area contributed by atoms with Crippen LogP contribution in [0.25, 0.3) is 11.3 Å². The van der Waals surface area contributed by atoms with Crippen LogP contribution in [0, 0.1) is 0 Å². The van der Waals surface area contributed by atoms with Gasteiger partial charge in [0.1, 0.15) is 22.8 Å². The number of aromatic hydroxyl groups is 1. The monoisotopic (exact) mass is 441 g/mol. The summed E-state index contributed by atoms with van der Waals surface area (Å²) in [5, 5.41) is 19.7. The maximum Gasteiger partial charge on any atom is 0.343 e. The predicted molar refractivity (Wildman–Crippen MR) is 110 cm³/mol. The highest BCUT2D eigenvalue weighted by molar-refractivity contribution is 5.92. The predicted octanol–water partition coefficient (Wildman–Crippen LogP) is 2.52. The first kappa shape index (κ1) is 22.3. The fraction of sp³-hybridized carbons (Fsp3) is 0.182. The number of H-pyrrole nitrogens is 1. The third-order valence-corrected chi connectivity index (χ3v) is 4.84. The summed E-state index contributed by atoms with van der Waals surface area (Å²) in [7, 11) is 2.29. The van der Waals surface area contributed by atoms with E-state index in [0.717, 1.165) is 13.3 Å². The van der Waals surface area contributed by atoms with Crippen molar-refractivity contribution in [1.29, 1.82) is 0 Å². The number of methoxy groups -OCH3 is 2. The van der Waals surface area contributed by atoms with Crippen LogP contribution in [0.2, 0.25) is 0 Å². The highest BCUT2D eigenvalue weighted by atomic mass is 16.5. The van der Waals surface area contributed by atoms with Gasteiger partial charge in [0.05, 0.1) is 37.7 Å². The van der Waals surface area contributed by atoms with Crippen molar-refractivity contribution in [2.75, 3.05) is 14.2 Å². The summed E-state index contributed by atoms with van der Waals surface area (Å²) in [6.07, 6.45) is 0.655. The highest BCUT2D eigenvalue weighted by Gasteiger charge is 2.30. The second kappa shape index (κ2) is 9.21. The number of hydrogen-bond acceptors (Lipinski definition) is 8. The van der Waals surface area contributed by atoms with Gasteiger partial charge in [0.25, 0.3) is 5.56 Å². The van der Waals surface area contributed by atoms with Gasteiger partial charge >= 0.3 is 17.9 Å². The molecule has 0 saturated heterocycles. The average Bonchev–Trinajstić information content (AvgIpc) is 3.28. The first-order valence-corrected chi connectivity index (χ1v) is 9.30. The zero-order chi connectivity index (χ0) is 23.4. The van der Waals surface area contributed by atoms with Gasteiger partial charge in [0.15, 0.2) is 0 Å². The van der Waals surface area contributed by atoms with E-state index in [1.54, 1.807) is 18.2 Å². The van der Waals surface area contributed by atoms with E-state index >= 15 is 0 Å². The van der Waals surface area contributed by atoms with Gasteiger partial charge in [0.2, 0.25) is 0 Å². The topological polar surface area (TPSA) is 156 Å². The first-order valence-electron chi connectivity index (χ1n) is 9.30. The highest BCUT2D eigenvalue weighted by Crippen LogP contribution is 2.36. The van der Waals surface area contributed by atoms with E-state index in [9.17, 15) is 24.3 Å². The maximum atomic E-state index is 12.5. The summed E-state index contributed by atoms with van der Waals surface area (Å²) in [6.45, 7) is 0. The van der Waals surface area contributed by atoms with Gasteiger partial charge in [-0.15, -0.1) is 0 Å². The molecule has 0 bridgehead atoms. The number of rotatable bonds is 7. The van der Waals surface area contributed by atoms with Gasteiger partial charge in [-0.1, -0.05) is 12.1 Å². The van der Waals surface area contributed by atoms with Crippen LogP contribution in [0.3, 0.4) is 0 Å². The van der Waals surface area contributed by atoms with Gasteiger partial charge < -0.3 is 29.1 Å². The second-order valence-electron chi connectivity index (χ2n) is 6.70. The molecule has 0 aliphatic rings. The Bertz CT molecular complexity index is 1220. The number of benzene rings is 1. The molecule has 2 aromatic heterocycles. The Labute approximate surface area is 181 Å². The molecule has 3 rings (SSSR count). The molecule has 0 fully saturated rings. The fourth-order valence-corrected chi connectivity index (χ4v) is 3.19. The molecular weight excluding hydrogens is 422 g/mol. The largest absolute Gasteiger partial charge is 0.506 e. The van der Waals surface area contributed by atoms with E-state index in [1.807, 2.05) is 0 Å². The van der Waals surface area contributed by atoms with Crippen LogP contribution in [0.4, 0.5) is 0 Å². The van der Waals surface area contributed by atoms with Crippen molar-refractivity contribution in [2.45, 2.75) is 12.3 Å². The summed E-state index contributed by atoms with van der Waals surface area (Å²) in [4.78, 5) is 49.9. The Kier molecular flexibility index (Phi) is 6.43. The van der Waals surface area contributed by atoms with Crippen molar-refractivity contribution in [3.8, 4) is 17.1 Å². The van der Waals surface area contributed by atoms with Crippen molar-refractivity contribution < 1.29 is 38.5 Å². The van der Waals surface area contributed by atoms with E-state index in [-0.39, 0.29) is 28.9 Å². The Balaban J connectivity index is 2.09. The molecule has 0 aliphatic heterocycles. The smallest absolute Gasteiger partial charge is 0.343 e. The number of nitrogens with one attached hydrogen (secondary N) is 1. The summed E-state index contributed by atoms with van der Waals surface area (Å²) in [6, 6.07) is 8.99. The number of aromatic nitrogens is 1. The number of aromatic carboxylic acids is 1. The van der Waals surface area contributed by atoms with Crippen LogP contribution in [0.15, 0.2) is 51.8 Å². The number of furan rings is 1. The number of pyridine rings is 1. The Morgan fingerprint density at radius 3 is 2.34 bits per heavy atom. The number of carboxylic acid groups (broad SMARTS) is 1.